The molecule has 0 saturated heterocycles. The highest BCUT2D eigenvalue weighted by Gasteiger charge is 2.29. The van der Waals surface area contributed by atoms with Crippen LogP contribution < -0.4 is 15.0 Å². The van der Waals surface area contributed by atoms with Crippen LogP contribution >= 0.6 is 0 Å². The van der Waals surface area contributed by atoms with Gasteiger partial charge in [-0.3, -0.25) is 9.69 Å². The average Bonchev–Trinajstić information content (AvgIpc) is 3.38. The minimum atomic E-state index is -0.279. The van der Waals surface area contributed by atoms with E-state index in [1.165, 1.54) is 0 Å². The van der Waals surface area contributed by atoms with Crippen LogP contribution in [0, 0.1) is 6.92 Å². The van der Waals surface area contributed by atoms with Gasteiger partial charge in [0.25, 0.3) is 5.56 Å². The van der Waals surface area contributed by atoms with Gasteiger partial charge in [0.05, 0.1) is 25.8 Å². The van der Waals surface area contributed by atoms with E-state index in [4.69, 9.17) is 9.47 Å². The Kier molecular flexibility index (Phi) is 8.16. The molecule has 0 fully saturated rings. The van der Waals surface area contributed by atoms with Crippen molar-refractivity contribution in [3.8, 4) is 11.5 Å². The van der Waals surface area contributed by atoms with Gasteiger partial charge in [-0.1, -0.05) is 24.6 Å². The molecule has 0 radical (unpaired) electrons. The fraction of sp³-hybridized carbons (Fsp3) is 0.448. The largest absolute Gasteiger partial charge is 0.493 e. The van der Waals surface area contributed by atoms with Crippen molar-refractivity contribution in [2.75, 3.05) is 20.8 Å². The second-order valence-electron chi connectivity index (χ2n) is 10.7. The number of benzene rings is 2. The summed E-state index contributed by atoms with van der Waals surface area (Å²) in [7, 11) is 3.27. The van der Waals surface area contributed by atoms with E-state index < -0.39 is 0 Å². The molecule has 0 spiro atoms. The lowest BCUT2D eigenvalue weighted by atomic mass is 10.0. The van der Waals surface area contributed by atoms with E-state index in [1.807, 2.05) is 41.1 Å². The average molecular weight is 519 g/mol. The molecular formula is C29H38N6O3. The normalized spacial score (nSPS) is 12.7. The van der Waals surface area contributed by atoms with Gasteiger partial charge >= 0.3 is 0 Å². The van der Waals surface area contributed by atoms with Crippen LogP contribution in [-0.4, -0.2) is 50.9 Å². The lowest BCUT2D eigenvalue weighted by Crippen LogP contribution is -2.36. The molecule has 0 saturated carbocycles. The van der Waals surface area contributed by atoms with Crippen LogP contribution in [0.25, 0.3) is 10.9 Å². The fourth-order valence-corrected chi connectivity index (χ4v) is 4.85. The summed E-state index contributed by atoms with van der Waals surface area (Å²) in [5.74, 6) is 2.18. The zero-order valence-electron chi connectivity index (χ0n) is 23.4. The highest BCUT2D eigenvalue weighted by Crippen LogP contribution is 2.30. The molecule has 4 rings (SSSR count). The van der Waals surface area contributed by atoms with Crippen molar-refractivity contribution in [1.82, 2.24) is 30.1 Å². The number of aromatic amines is 1. The van der Waals surface area contributed by atoms with Crippen molar-refractivity contribution in [1.29, 1.82) is 0 Å². The van der Waals surface area contributed by atoms with Crippen molar-refractivity contribution in [3.63, 3.8) is 0 Å². The Labute approximate surface area is 223 Å². The van der Waals surface area contributed by atoms with Crippen molar-refractivity contribution < 1.29 is 9.47 Å². The minimum absolute atomic E-state index is 0.0808. The summed E-state index contributed by atoms with van der Waals surface area (Å²) in [4.78, 5) is 18.5. The molecule has 1 N–H and O–H groups in total. The monoisotopic (exact) mass is 518 g/mol. The van der Waals surface area contributed by atoms with Crippen molar-refractivity contribution in [2.24, 2.45) is 0 Å². The van der Waals surface area contributed by atoms with Gasteiger partial charge in [-0.15, -0.1) is 5.10 Å². The smallest absolute Gasteiger partial charge is 0.252 e. The molecule has 9 heteroatoms. The maximum atomic E-state index is 13.1. The second-order valence-corrected chi connectivity index (χ2v) is 10.7. The number of aryl methyl sites for hydroxylation is 1. The summed E-state index contributed by atoms with van der Waals surface area (Å²) >= 11 is 0. The molecule has 2 heterocycles. The standard InChI is InChI=1S/C29H38N6O3/c1-8-24(27-31-32-33-35(27)29(3,4)5)34(14-13-20-10-12-25(37-6)26(16-20)38-7)18-22-17-21-15-19(2)9-11-23(21)30-28(22)36/h9-12,15-17,24H,8,13-14,18H2,1-7H3,(H,30,36). The Morgan fingerprint density at radius 1 is 1.05 bits per heavy atom. The molecule has 4 aromatic rings. The molecule has 2 aromatic carbocycles. The molecule has 0 amide bonds. The highest BCUT2D eigenvalue weighted by molar-refractivity contribution is 5.79. The summed E-state index contributed by atoms with van der Waals surface area (Å²) in [5, 5.41) is 13.8. The first-order valence-electron chi connectivity index (χ1n) is 13.0. The molecule has 38 heavy (non-hydrogen) atoms. The maximum absolute atomic E-state index is 13.1. The Hall–Kier alpha value is -3.72. The van der Waals surface area contributed by atoms with Gasteiger partial charge in [0.2, 0.25) is 0 Å². The van der Waals surface area contributed by atoms with Gasteiger partial charge in [0, 0.05) is 24.2 Å². The Balaban J connectivity index is 1.72. The third kappa shape index (κ3) is 5.88. The number of nitrogens with one attached hydrogen (secondary N) is 1. The van der Waals surface area contributed by atoms with Crippen LogP contribution in [0.4, 0.5) is 0 Å². The molecule has 2 aromatic heterocycles. The van der Waals surface area contributed by atoms with Gasteiger partial charge in [0.15, 0.2) is 17.3 Å². The van der Waals surface area contributed by atoms with Crippen LogP contribution in [0.5, 0.6) is 11.5 Å². The molecule has 0 bridgehead atoms. The number of nitrogens with zero attached hydrogens (tertiary/aromatic N) is 5. The van der Waals surface area contributed by atoms with Crippen LogP contribution in [0.15, 0.2) is 47.3 Å². The quantitative estimate of drug-likeness (QED) is 0.322. The number of aromatic nitrogens is 5. The third-order valence-corrected chi connectivity index (χ3v) is 6.84. The van der Waals surface area contributed by atoms with Gasteiger partial charge in [0.1, 0.15) is 0 Å². The number of fused-ring (bicyclic) bond motifs is 1. The van der Waals surface area contributed by atoms with E-state index in [9.17, 15) is 4.79 Å². The Morgan fingerprint density at radius 3 is 2.50 bits per heavy atom. The Bertz CT molecular complexity index is 1450. The topological polar surface area (TPSA) is 98.2 Å². The predicted molar refractivity (Wildman–Crippen MR) is 149 cm³/mol. The number of ether oxygens (including phenoxy) is 2. The van der Waals surface area contributed by atoms with E-state index in [2.05, 4.69) is 66.1 Å². The number of methoxy groups -OCH3 is 2. The lowest BCUT2D eigenvalue weighted by Gasteiger charge is -2.32. The highest BCUT2D eigenvalue weighted by atomic mass is 16.5. The first-order chi connectivity index (χ1) is 18.1. The summed E-state index contributed by atoms with van der Waals surface area (Å²) in [6.45, 7) is 11.6. The van der Waals surface area contributed by atoms with Crippen LogP contribution in [0.3, 0.4) is 0 Å². The number of hydrogen-bond donors (Lipinski definition) is 1. The van der Waals surface area contributed by atoms with Gasteiger partial charge in [-0.25, -0.2) is 4.68 Å². The third-order valence-electron chi connectivity index (χ3n) is 6.84. The number of pyridine rings is 1. The van der Waals surface area contributed by atoms with Crippen LogP contribution in [-0.2, 0) is 18.5 Å². The number of tetrazole rings is 1. The summed E-state index contributed by atoms with van der Waals surface area (Å²) in [5.41, 5.74) is 3.45. The van der Waals surface area contributed by atoms with E-state index in [0.717, 1.165) is 40.7 Å². The summed E-state index contributed by atoms with van der Waals surface area (Å²) < 4.78 is 12.8. The first kappa shape index (κ1) is 27.3. The van der Waals surface area contributed by atoms with Crippen LogP contribution in [0.2, 0.25) is 0 Å². The molecule has 0 aliphatic rings. The van der Waals surface area contributed by atoms with E-state index in [1.54, 1.807) is 14.2 Å². The first-order valence-corrected chi connectivity index (χ1v) is 13.0. The lowest BCUT2D eigenvalue weighted by molar-refractivity contribution is 0.163. The summed E-state index contributed by atoms with van der Waals surface area (Å²) in [6, 6.07) is 14.0. The molecule has 1 atom stereocenters. The molecule has 9 nitrogen and oxygen atoms in total. The van der Waals surface area contributed by atoms with E-state index >= 15 is 0 Å². The van der Waals surface area contributed by atoms with E-state index in [-0.39, 0.29) is 17.1 Å². The number of rotatable bonds is 10. The predicted octanol–water partition coefficient (Wildman–Crippen LogP) is 4.79. The zero-order chi connectivity index (χ0) is 27.4. The minimum Gasteiger partial charge on any atom is -0.493 e. The van der Waals surface area contributed by atoms with Crippen LogP contribution in [0.1, 0.15) is 62.7 Å². The molecule has 1 unspecified atom stereocenters. The fourth-order valence-electron chi connectivity index (χ4n) is 4.85. The molecule has 0 aliphatic carbocycles. The molecule has 202 valence electrons. The SMILES string of the molecule is CCC(c1nnnn1C(C)(C)C)N(CCc1ccc(OC)c(OC)c1)Cc1cc2cc(C)ccc2[nH]c1=O. The molecular weight excluding hydrogens is 480 g/mol. The zero-order valence-corrected chi connectivity index (χ0v) is 23.4. The van der Waals surface area contributed by atoms with E-state index in [0.29, 0.717) is 30.2 Å². The van der Waals surface area contributed by atoms with Crippen molar-refractivity contribution in [3.05, 3.63) is 75.3 Å². The van der Waals surface area contributed by atoms with Gasteiger partial charge in [-0.2, -0.15) is 0 Å². The van der Waals surface area contributed by atoms with Gasteiger partial charge in [-0.05, 0) is 92.2 Å². The van der Waals surface area contributed by atoms with Gasteiger partial charge < -0.3 is 14.5 Å². The number of H-pyrrole nitrogens is 1. The second kappa shape index (κ2) is 11.3. The number of hydrogen-bond acceptors (Lipinski definition) is 7. The van der Waals surface area contributed by atoms with Crippen molar-refractivity contribution >= 4 is 10.9 Å². The summed E-state index contributed by atoms with van der Waals surface area (Å²) in [6.07, 6.45) is 1.53. The maximum Gasteiger partial charge on any atom is 0.252 e. The molecule has 0 aliphatic heterocycles. The Morgan fingerprint density at radius 2 is 1.82 bits per heavy atom. The van der Waals surface area contributed by atoms with Crippen molar-refractivity contribution in [2.45, 2.75) is 65.6 Å².